The molecule has 6 aliphatic rings. The van der Waals surface area contributed by atoms with Gasteiger partial charge in [-0.15, -0.1) is 0 Å². The van der Waals surface area contributed by atoms with Crippen LogP contribution in [0.25, 0.3) is 0 Å². The summed E-state index contributed by atoms with van der Waals surface area (Å²) in [6.07, 6.45) is 9.84. The van der Waals surface area contributed by atoms with Gasteiger partial charge in [-0.1, -0.05) is 30.3 Å². The summed E-state index contributed by atoms with van der Waals surface area (Å²) in [7, 11) is 0. The zero-order valence-electron chi connectivity index (χ0n) is 19.0. The largest absolute Gasteiger partial charge is 0.439 e. The summed E-state index contributed by atoms with van der Waals surface area (Å²) in [4.78, 5) is 17.1. The van der Waals surface area contributed by atoms with Crippen LogP contribution >= 0.6 is 12.2 Å². The van der Waals surface area contributed by atoms with Crippen LogP contribution in [0.3, 0.4) is 0 Å². The van der Waals surface area contributed by atoms with Gasteiger partial charge in [0.1, 0.15) is 6.10 Å². The lowest BCUT2D eigenvalue weighted by Crippen LogP contribution is -2.62. The zero-order valence-corrected chi connectivity index (χ0v) is 19.9. The van der Waals surface area contributed by atoms with Crippen molar-refractivity contribution in [3.05, 3.63) is 35.9 Å². The van der Waals surface area contributed by atoms with Crippen LogP contribution in [0.4, 0.5) is 4.79 Å². The number of rotatable bonds is 3. The highest BCUT2D eigenvalue weighted by molar-refractivity contribution is 7.80. The van der Waals surface area contributed by atoms with E-state index >= 15 is 0 Å². The average Bonchev–Trinajstić information content (AvgIpc) is 3.07. The predicted octanol–water partition coefficient (Wildman–Crippen LogP) is 4.88. The number of thiocarbonyl (C=S) groups is 1. The Morgan fingerprint density at radius 1 is 1.03 bits per heavy atom. The molecule has 0 aromatic heterocycles. The van der Waals surface area contributed by atoms with Crippen LogP contribution in [0.1, 0.15) is 70.0 Å². The summed E-state index contributed by atoms with van der Waals surface area (Å²) in [6, 6.07) is 10.4. The molecule has 6 heteroatoms. The van der Waals surface area contributed by atoms with Crippen LogP contribution in [0.5, 0.6) is 0 Å². The standard InChI is InChI=1S/C26H35N3O2S/c1-17-23(21-5-3-2-4-6-21)31-25(30)29(17)22-7-9-28(10-8-22)24(32)27-26-14-18-11-19(15-26)13-20(12-18)16-26/h2-6,17-20,22-23H,7-16H2,1H3,(H,27,32)/t17-,18?,19?,20?,23-,26?/m0/s1. The van der Waals surface area contributed by atoms with E-state index in [1.807, 2.05) is 23.1 Å². The van der Waals surface area contributed by atoms with Gasteiger partial charge >= 0.3 is 6.09 Å². The Bertz CT molecular complexity index is 847. The molecule has 2 heterocycles. The van der Waals surface area contributed by atoms with Gasteiger partial charge in [0, 0.05) is 24.7 Å². The number of nitrogens with one attached hydrogen (secondary N) is 1. The topological polar surface area (TPSA) is 44.8 Å². The SMILES string of the molecule is C[C@H]1[C@@H](c2ccccc2)OC(=O)N1C1CCN(C(=S)NC23CC4CC(CC(C4)C2)C3)CC1. The summed E-state index contributed by atoms with van der Waals surface area (Å²) in [5, 5.41) is 4.83. The van der Waals surface area contributed by atoms with Crippen LogP contribution in [0.15, 0.2) is 30.3 Å². The average molecular weight is 454 g/mol. The number of hydrogen-bond donors (Lipinski definition) is 1. The number of cyclic esters (lactones) is 1. The van der Waals surface area contributed by atoms with Gasteiger partial charge in [0.05, 0.1) is 6.04 Å². The molecule has 1 N–H and O–H groups in total. The second-order valence-corrected chi connectivity index (χ2v) is 11.6. The molecule has 4 aliphatic carbocycles. The van der Waals surface area contributed by atoms with Crippen molar-refractivity contribution >= 4 is 23.4 Å². The van der Waals surface area contributed by atoms with Crippen molar-refractivity contribution in [2.45, 2.75) is 82.0 Å². The maximum absolute atomic E-state index is 12.8. The fourth-order valence-corrected chi connectivity index (χ4v) is 8.37. The Morgan fingerprint density at radius 3 is 2.22 bits per heavy atom. The van der Waals surface area contributed by atoms with Gasteiger partial charge in [0.25, 0.3) is 0 Å². The molecule has 1 amide bonds. The third-order valence-electron chi connectivity index (χ3n) is 9.00. The molecule has 0 radical (unpaired) electrons. The van der Waals surface area contributed by atoms with E-state index in [9.17, 15) is 4.79 Å². The van der Waals surface area contributed by atoms with Crippen LogP contribution in [-0.4, -0.2) is 51.7 Å². The first-order chi connectivity index (χ1) is 15.5. The number of carbonyl (C=O) groups is 1. The molecule has 2 saturated heterocycles. The van der Waals surface area contributed by atoms with Crippen molar-refractivity contribution in [3.63, 3.8) is 0 Å². The number of carbonyl (C=O) groups excluding carboxylic acids is 1. The first kappa shape index (κ1) is 20.8. The third kappa shape index (κ3) is 3.59. The monoisotopic (exact) mass is 453 g/mol. The maximum Gasteiger partial charge on any atom is 0.411 e. The molecule has 0 unspecified atom stereocenters. The minimum absolute atomic E-state index is 0.0542. The molecule has 1 aromatic rings. The van der Waals surface area contributed by atoms with E-state index in [0.717, 1.165) is 54.4 Å². The Balaban J connectivity index is 1.06. The molecular weight excluding hydrogens is 418 g/mol. The molecule has 2 aliphatic heterocycles. The molecule has 4 saturated carbocycles. The highest BCUT2D eigenvalue weighted by Crippen LogP contribution is 2.55. The molecule has 0 spiro atoms. The van der Waals surface area contributed by atoms with Gasteiger partial charge in [0.15, 0.2) is 5.11 Å². The minimum atomic E-state index is -0.180. The van der Waals surface area contributed by atoms with Crippen molar-refractivity contribution < 1.29 is 9.53 Å². The van der Waals surface area contributed by atoms with Gasteiger partial charge in [0.2, 0.25) is 0 Å². The molecule has 6 fully saturated rings. The summed E-state index contributed by atoms with van der Waals surface area (Å²) in [5.74, 6) is 2.76. The minimum Gasteiger partial charge on any atom is -0.439 e. The van der Waals surface area contributed by atoms with Crippen LogP contribution in [0, 0.1) is 17.8 Å². The number of benzene rings is 1. The van der Waals surface area contributed by atoms with Gasteiger partial charge in [-0.2, -0.15) is 0 Å². The van der Waals surface area contributed by atoms with Crippen LogP contribution < -0.4 is 5.32 Å². The van der Waals surface area contributed by atoms with E-state index in [-0.39, 0.29) is 29.8 Å². The number of hydrogen-bond acceptors (Lipinski definition) is 3. The molecule has 1 aromatic carbocycles. The van der Waals surface area contributed by atoms with Crippen molar-refractivity contribution in [1.29, 1.82) is 0 Å². The summed E-state index contributed by atoms with van der Waals surface area (Å²) in [5.41, 5.74) is 1.34. The van der Waals surface area contributed by atoms with Gasteiger partial charge in [-0.05, 0) is 93.8 Å². The lowest BCUT2D eigenvalue weighted by molar-refractivity contribution is -0.0115. The molecule has 32 heavy (non-hydrogen) atoms. The van der Waals surface area contributed by atoms with Crippen molar-refractivity contribution in [2.24, 2.45) is 17.8 Å². The summed E-state index contributed by atoms with van der Waals surface area (Å²) in [6.45, 7) is 3.94. The van der Waals surface area contributed by atoms with E-state index in [4.69, 9.17) is 17.0 Å². The van der Waals surface area contributed by atoms with E-state index < -0.39 is 0 Å². The van der Waals surface area contributed by atoms with E-state index in [1.165, 1.54) is 38.5 Å². The number of ether oxygens (including phenoxy) is 1. The molecule has 4 bridgehead atoms. The van der Waals surface area contributed by atoms with E-state index in [0.29, 0.717) is 0 Å². The highest BCUT2D eigenvalue weighted by Gasteiger charge is 2.51. The van der Waals surface area contributed by atoms with Crippen molar-refractivity contribution in [1.82, 2.24) is 15.1 Å². The predicted molar refractivity (Wildman–Crippen MR) is 128 cm³/mol. The molecule has 2 atom stereocenters. The highest BCUT2D eigenvalue weighted by atomic mass is 32.1. The van der Waals surface area contributed by atoms with Crippen LogP contribution in [-0.2, 0) is 4.74 Å². The fourth-order valence-electron chi connectivity index (χ4n) is 7.97. The maximum atomic E-state index is 12.8. The lowest BCUT2D eigenvalue weighted by atomic mass is 9.53. The molecular formula is C26H35N3O2S. The number of likely N-dealkylation sites (tertiary alicyclic amines) is 1. The van der Waals surface area contributed by atoms with Gasteiger partial charge < -0.3 is 15.0 Å². The van der Waals surface area contributed by atoms with Crippen molar-refractivity contribution in [3.8, 4) is 0 Å². The van der Waals surface area contributed by atoms with Crippen LogP contribution in [0.2, 0.25) is 0 Å². The molecule has 5 nitrogen and oxygen atoms in total. The summed E-state index contributed by atoms with van der Waals surface area (Å²) >= 11 is 5.92. The Morgan fingerprint density at radius 2 is 1.62 bits per heavy atom. The molecule has 172 valence electrons. The normalized spacial score (nSPS) is 38.8. The van der Waals surface area contributed by atoms with E-state index in [1.54, 1.807) is 0 Å². The fraction of sp³-hybridized carbons (Fsp3) is 0.692. The van der Waals surface area contributed by atoms with E-state index in [2.05, 4.69) is 29.3 Å². The Hall–Kier alpha value is -1.82. The van der Waals surface area contributed by atoms with Crippen molar-refractivity contribution in [2.75, 3.05) is 13.1 Å². The van der Waals surface area contributed by atoms with Gasteiger partial charge in [-0.25, -0.2) is 4.79 Å². The number of piperidine rings is 1. The molecule has 7 rings (SSSR count). The summed E-state index contributed by atoms with van der Waals surface area (Å²) < 4.78 is 5.79. The number of nitrogens with zero attached hydrogens (tertiary/aromatic N) is 2. The van der Waals surface area contributed by atoms with Gasteiger partial charge in [-0.3, -0.25) is 4.90 Å². The first-order valence-electron chi connectivity index (χ1n) is 12.6. The Labute approximate surface area is 196 Å². The first-order valence-corrected chi connectivity index (χ1v) is 13.0. The zero-order chi connectivity index (χ0) is 21.9. The quantitative estimate of drug-likeness (QED) is 0.661. The lowest BCUT2D eigenvalue weighted by Gasteiger charge is -2.57. The number of amides is 1. The second kappa shape index (κ2) is 7.89. The second-order valence-electron chi connectivity index (χ2n) is 11.2. The smallest absolute Gasteiger partial charge is 0.411 e. The Kier molecular flexibility index (Phi) is 5.12. The third-order valence-corrected chi connectivity index (χ3v) is 9.36.